The van der Waals surface area contributed by atoms with E-state index in [0.29, 0.717) is 5.76 Å². The molecule has 78 valence electrons. The molecule has 0 bridgehead atoms. The molecule has 4 heteroatoms. The fraction of sp³-hybridized carbons (Fsp3) is 0.500. The second kappa shape index (κ2) is 5.10. The first-order valence-corrected chi connectivity index (χ1v) is 5.91. The highest BCUT2D eigenvalue weighted by Gasteiger charge is 2.11. The summed E-state index contributed by atoms with van der Waals surface area (Å²) in [5.41, 5.74) is 0. The lowest BCUT2D eigenvalue weighted by Crippen LogP contribution is -2.29. The number of hydrogen-bond acceptors (Lipinski definition) is 3. The van der Waals surface area contributed by atoms with Crippen LogP contribution in [0.1, 0.15) is 30.2 Å². The average Bonchev–Trinajstić information content (AvgIpc) is 2.52. The van der Waals surface area contributed by atoms with Crippen molar-refractivity contribution in [3.05, 3.63) is 23.7 Å². The molecule has 0 spiro atoms. The number of nitrogens with one attached hydrogen (secondary N) is 1. The van der Waals surface area contributed by atoms with Crippen molar-refractivity contribution in [2.45, 2.75) is 25.6 Å². The molecule has 1 aromatic heterocycles. The molecule has 0 aliphatic heterocycles. The van der Waals surface area contributed by atoms with Gasteiger partial charge in [-0.3, -0.25) is 4.79 Å². The Bertz CT molecular complexity index is 307. The Labute approximate surface area is 88.2 Å². The summed E-state index contributed by atoms with van der Waals surface area (Å²) in [6, 6.07) is 3.69. The van der Waals surface area contributed by atoms with Gasteiger partial charge in [0.05, 0.1) is 5.75 Å². The molecule has 0 fully saturated rings. The van der Waals surface area contributed by atoms with Gasteiger partial charge in [0.2, 0.25) is 0 Å². The highest BCUT2D eigenvalue weighted by Crippen LogP contribution is 2.13. The molecule has 0 aromatic carbocycles. The van der Waals surface area contributed by atoms with E-state index in [1.165, 1.54) is 0 Å². The van der Waals surface area contributed by atoms with Crippen LogP contribution < -0.4 is 5.32 Å². The minimum Gasteiger partial charge on any atom is -0.455 e. The summed E-state index contributed by atoms with van der Waals surface area (Å²) in [6.07, 6.45) is 2.00. The maximum atomic E-state index is 11.5. The van der Waals surface area contributed by atoms with Gasteiger partial charge in [0, 0.05) is 6.04 Å². The van der Waals surface area contributed by atoms with Crippen molar-refractivity contribution >= 4 is 17.7 Å². The molecule has 1 rings (SSSR count). The summed E-state index contributed by atoms with van der Waals surface area (Å²) in [5, 5.41) is 2.77. The van der Waals surface area contributed by atoms with Crippen molar-refractivity contribution in [2.75, 3.05) is 6.26 Å². The molecule has 0 atom stereocenters. The van der Waals surface area contributed by atoms with Crippen LogP contribution in [0.3, 0.4) is 0 Å². The fourth-order valence-corrected chi connectivity index (χ4v) is 1.49. The third-order valence-electron chi connectivity index (χ3n) is 1.59. The minimum absolute atomic E-state index is 0.136. The molecule has 0 radical (unpaired) electrons. The number of furan rings is 1. The molecular weight excluding hydrogens is 198 g/mol. The van der Waals surface area contributed by atoms with Gasteiger partial charge in [-0.1, -0.05) is 0 Å². The van der Waals surface area contributed by atoms with Crippen LogP contribution in [-0.4, -0.2) is 18.2 Å². The molecule has 0 saturated heterocycles. The zero-order valence-electron chi connectivity index (χ0n) is 8.66. The van der Waals surface area contributed by atoms with Gasteiger partial charge in [0.15, 0.2) is 5.76 Å². The van der Waals surface area contributed by atoms with E-state index in [2.05, 4.69) is 5.32 Å². The maximum absolute atomic E-state index is 11.5. The van der Waals surface area contributed by atoms with Gasteiger partial charge < -0.3 is 9.73 Å². The molecule has 0 aliphatic rings. The Morgan fingerprint density at radius 1 is 1.57 bits per heavy atom. The first kappa shape index (κ1) is 11.2. The molecule has 3 nitrogen and oxygen atoms in total. The second-order valence-electron chi connectivity index (χ2n) is 3.33. The van der Waals surface area contributed by atoms with Gasteiger partial charge in [-0.25, -0.2) is 0 Å². The lowest BCUT2D eigenvalue weighted by Gasteiger charge is -2.05. The van der Waals surface area contributed by atoms with Gasteiger partial charge in [-0.2, -0.15) is 11.8 Å². The predicted octanol–water partition coefficient (Wildman–Crippen LogP) is 2.28. The second-order valence-corrected chi connectivity index (χ2v) is 4.19. The summed E-state index contributed by atoms with van der Waals surface area (Å²) in [4.78, 5) is 11.5. The van der Waals surface area contributed by atoms with E-state index in [1.54, 1.807) is 17.8 Å². The van der Waals surface area contributed by atoms with E-state index in [-0.39, 0.29) is 11.9 Å². The molecule has 1 amide bonds. The van der Waals surface area contributed by atoms with Crippen molar-refractivity contribution in [1.29, 1.82) is 0 Å². The summed E-state index contributed by atoms with van der Waals surface area (Å²) in [5.74, 6) is 1.89. The third-order valence-corrected chi connectivity index (χ3v) is 2.17. The number of carbonyl (C=O) groups excluding carboxylic acids is 1. The van der Waals surface area contributed by atoms with Crippen molar-refractivity contribution in [1.82, 2.24) is 5.32 Å². The van der Waals surface area contributed by atoms with Gasteiger partial charge in [0.1, 0.15) is 5.76 Å². The molecule has 1 aromatic rings. The number of carbonyl (C=O) groups is 1. The predicted molar refractivity (Wildman–Crippen MR) is 58.5 cm³/mol. The van der Waals surface area contributed by atoms with Crippen LogP contribution in [-0.2, 0) is 5.75 Å². The Morgan fingerprint density at radius 3 is 2.86 bits per heavy atom. The maximum Gasteiger partial charge on any atom is 0.287 e. The van der Waals surface area contributed by atoms with Crippen LogP contribution in [0, 0.1) is 0 Å². The quantitative estimate of drug-likeness (QED) is 0.834. The largest absolute Gasteiger partial charge is 0.455 e. The van der Waals surface area contributed by atoms with E-state index < -0.39 is 0 Å². The third kappa shape index (κ3) is 3.10. The van der Waals surface area contributed by atoms with Crippen molar-refractivity contribution in [3.63, 3.8) is 0 Å². The highest BCUT2D eigenvalue weighted by molar-refractivity contribution is 7.97. The standard InChI is InChI=1S/C10H15NO2S/c1-7(2)11-10(12)9-5-4-8(13-9)6-14-3/h4-5,7H,6H2,1-3H3,(H,11,12). The molecular formula is C10H15NO2S. The molecule has 0 unspecified atom stereocenters. The zero-order chi connectivity index (χ0) is 10.6. The van der Waals surface area contributed by atoms with Crippen LogP contribution in [0.25, 0.3) is 0 Å². The molecule has 14 heavy (non-hydrogen) atoms. The fourth-order valence-electron chi connectivity index (χ4n) is 1.05. The number of rotatable bonds is 4. The van der Waals surface area contributed by atoms with E-state index >= 15 is 0 Å². The van der Waals surface area contributed by atoms with Crippen molar-refractivity contribution in [2.24, 2.45) is 0 Å². The van der Waals surface area contributed by atoms with E-state index in [1.807, 2.05) is 26.2 Å². The number of amides is 1. The Hall–Kier alpha value is -0.900. The van der Waals surface area contributed by atoms with Crippen molar-refractivity contribution in [3.8, 4) is 0 Å². The SMILES string of the molecule is CSCc1ccc(C(=O)NC(C)C)o1. The molecule has 0 aliphatic carbocycles. The molecule has 0 saturated carbocycles. The Balaban J connectivity index is 2.62. The van der Waals surface area contributed by atoms with Crippen LogP contribution >= 0.6 is 11.8 Å². The monoisotopic (exact) mass is 213 g/mol. The lowest BCUT2D eigenvalue weighted by atomic mass is 10.3. The van der Waals surface area contributed by atoms with Gasteiger partial charge >= 0.3 is 0 Å². The van der Waals surface area contributed by atoms with Crippen LogP contribution in [0.2, 0.25) is 0 Å². The summed E-state index contributed by atoms with van der Waals surface area (Å²) in [6.45, 7) is 3.84. The van der Waals surface area contributed by atoms with Gasteiger partial charge in [-0.15, -0.1) is 0 Å². The topological polar surface area (TPSA) is 42.2 Å². The van der Waals surface area contributed by atoms with Gasteiger partial charge in [0.25, 0.3) is 5.91 Å². The molecule has 1 heterocycles. The summed E-state index contributed by atoms with van der Waals surface area (Å²) >= 11 is 1.67. The van der Waals surface area contributed by atoms with E-state index in [4.69, 9.17) is 4.42 Å². The zero-order valence-corrected chi connectivity index (χ0v) is 9.48. The first-order chi connectivity index (χ1) is 6.63. The van der Waals surface area contributed by atoms with Crippen LogP contribution in [0.4, 0.5) is 0 Å². The molecule has 1 N–H and O–H groups in total. The van der Waals surface area contributed by atoms with E-state index in [9.17, 15) is 4.79 Å². The van der Waals surface area contributed by atoms with Crippen LogP contribution in [0.15, 0.2) is 16.5 Å². The highest BCUT2D eigenvalue weighted by atomic mass is 32.2. The van der Waals surface area contributed by atoms with Crippen LogP contribution in [0.5, 0.6) is 0 Å². The first-order valence-electron chi connectivity index (χ1n) is 4.52. The van der Waals surface area contributed by atoms with Crippen molar-refractivity contribution < 1.29 is 9.21 Å². The smallest absolute Gasteiger partial charge is 0.287 e. The normalized spacial score (nSPS) is 10.6. The average molecular weight is 213 g/mol. The van der Waals surface area contributed by atoms with Gasteiger partial charge in [-0.05, 0) is 32.2 Å². The van der Waals surface area contributed by atoms with E-state index in [0.717, 1.165) is 11.5 Å². The Morgan fingerprint density at radius 2 is 2.29 bits per heavy atom. The minimum atomic E-state index is -0.146. The summed E-state index contributed by atoms with van der Waals surface area (Å²) in [7, 11) is 0. The lowest BCUT2D eigenvalue weighted by molar-refractivity contribution is 0.0914. The summed E-state index contributed by atoms with van der Waals surface area (Å²) < 4.78 is 5.35. The Kier molecular flexibility index (Phi) is 4.07. The number of hydrogen-bond donors (Lipinski definition) is 1. The number of thioether (sulfide) groups is 1.